The molecule has 0 bridgehead atoms. The molecule has 0 aromatic carbocycles. The van der Waals surface area contributed by atoms with Crippen LogP contribution in [0.1, 0.15) is 0 Å². The van der Waals surface area contributed by atoms with Crippen molar-refractivity contribution in [3.63, 3.8) is 0 Å². The second-order valence-electron chi connectivity index (χ2n) is 2.56. The highest BCUT2D eigenvalue weighted by atomic mass is 16.3. The highest BCUT2D eigenvalue weighted by molar-refractivity contribution is 4.87. The van der Waals surface area contributed by atoms with Crippen LogP contribution in [0.25, 0.3) is 10.4 Å². The van der Waals surface area contributed by atoms with Crippen LogP contribution >= 0.6 is 0 Å². The lowest BCUT2D eigenvalue weighted by Gasteiger charge is -2.02. The summed E-state index contributed by atoms with van der Waals surface area (Å²) in [4.78, 5) is 4.58. The molecule has 0 aromatic rings. The molecule has 1 saturated heterocycles. The van der Waals surface area contributed by atoms with Crippen LogP contribution in [0, 0.1) is 0 Å². The van der Waals surface area contributed by atoms with Gasteiger partial charge in [-0.05, 0) is 12.6 Å². The molecule has 0 amide bonds. The van der Waals surface area contributed by atoms with E-state index in [2.05, 4.69) is 10.0 Å². The minimum atomic E-state index is -0.485. The largest absolute Gasteiger partial charge is 0.391 e. The van der Waals surface area contributed by atoms with Crippen LogP contribution in [-0.2, 0) is 0 Å². The van der Waals surface area contributed by atoms with Gasteiger partial charge in [0.25, 0.3) is 0 Å². The summed E-state index contributed by atoms with van der Waals surface area (Å²) in [7, 11) is 1.89. The van der Waals surface area contributed by atoms with E-state index in [4.69, 9.17) is 5.53 Å². The lowest BCUT2D eigenvalue weighted by Crippen LogP contribution is -2.20. The lowest BCUT2D eigenvalue weighted by molar-refractivity contribution is 0.169. The molecule has 1 rings (SSSR count). The number of β-amino-alcohol motifs (C(OH)–C–C–N with tert-alkyl or cyclic N) is 1. The monoisotopic (exact) mass is 142 g/mol. The highest BCUT2D eigenvalue weighted by Gasteiger charge is 2.27. The summed E-state index contributed by atoms with van der Waals surface area (Å²) in [6.45, 7) is 1.26. The van der Waals surface area contributed by atoms with Crippen LogP contribution in [0.15, 0.2) is 5.11 Å². The Kier molecular flexibility index (Phi) is 2.11. The predicted octanol–water partition coefficient (Wildman–Crippen LogP) is -0.0284. The molecule has 5 nitrogen and oxygen atoms in total. The second kappa shape index (κ2) is 2.88. The number of likely N-dealkylation sites (N-methyl/N-ethyl adjacent to an activating group) is 1. The van der Waals surface area contributed by atoms with E-state index in [0.29, 0.717) is 13.1 Å². The first-order valence-electron chi connectivity index (χ1n) is 3.15. The molecule has 0 spiro atoms. The highest BCUT2D eigenvalue weighted by Crippen LogP contribution is 2.10. The molecular weight excluding hydrogens is 132 g/mol. The third kappa shape index (κ3) is 1.39. The van der Waals surface area contributed by atoms with E-state index in [1.54, 1.807) is 0 Å². The number of rotatable bonds is 1. The summed E-state index contributed by atoms with van der Waals surface area (Å²) in [6, 6.07) is -0.255. The van der Waals surface area contributed by atoms with Gasteiger partial charge in [-0.2, -0.15) is 0 Å². The molecule has 1 aliphatic rings. The second-order valence-corrected chi connectivity index (χ2v) is 2.56. The molecule has 0 unspecified atom stereocenters. The summed E-state index contributed by atoms with van der Waals surface area (Å²) < 4.78 is 0. The van der Waals surface area contributed by atoms with Gasteiger partial charge in [0.2, 0.25) is 0 Å². The van der Waals surface area contributed by atoms with Crippen LogP contribution in [0.2, 0.25) is 0 Å². The number of azide groups is 1. The third-order valence-corrected chi connectivity index (χ3v) is 1.64. The van der Waals surface area contributed by atoms with Crippen molar-refractivity contribution < 1.29 is 5.11 Å². The molecule has 1 aliphatic heterocycles. The summed E-state index contributed by atoms with van der Waals surface area (Å²) in [5.74, 6) is 0. The maximum atomic E-state index is 9.18. The van der Waals surface area contributed by atoms with Crippen LogP contribution in [0.5, 0.6) is 0 Å². The first-order valence-corrected chi connectivity index (χ1v) is 3.15. The molecule has 1 heterocycles. The Morgan fingerprint density at radius 3 is 2.80 bits per heavy atom. The summed E-state index contributed by atoms with van der Waals surface area (Å²) in [5.41, 5.74) is 8.06. The zero-order chi connectivity index (χ0) is 7.56. The van der Waals surface area contributed by atoms with Crippen molar-refractivity contribution in [1.29, 1.82) is 0 Å². The van der Waals surface area contributed by atoms with Crippen LogP contribution < -0.4 is 0 Å². The molecule has 2 atom stereocenters. The molecule has 0 aromatic heterocycles. The Labute approximate surface area is 58.9 Å². The molecule has 5 heteroatoms. The molecule has 1 fully saturated rings. The summed E-state index contributed by atoms with van der Waals surface area (Å²) >= 11 is 0. The molecule has 0 aliphatic carbocycles. The molecule has 0 radical (unpaired) electrons. The van der Waals surface area contributed by atoms with E-state index in [9.17, 15) is 5.11 Å². The van der Waals surface area contributed by atoms with Gasteiger partial charge in [0.1, 0.15) is 0 Å². The topological polar surface area (TPSA) is 72.2 Å². The Balaban J connectivity index is 2.54. The Hall–Kier alpha value is -0.770. The Morgan fingerprint density at radius 1 is 1.70 bits per heavy atom. The van der Waals surface area contributed by atoms with Gasteiger partial charge in [-0.15, -0.1) is 0 Å². The van der Waals surface area contributed by atoms with Gasteiger partial charge < -0.3 is 10.0 Å². The van der Waals surface area contributed by atoms with E-state index in [-0.39, 0.29) is 6.04 Å². The molecular formula is C5H10N4O. The summed E-state index contributed by atoms with van der Waals surface area (Å²) in [5, 5.41) is 12.6. The van der Waals surface area contributed by atoms with Crippen molar-refractivity contribution in [2.45, 2.75) is 12.1 Å². The molecule has 1 N–H and O–H groups in total. The number of nitrogens with zero attached hydrogens (tertiary/aromatic N) is 4. The Bertz CT molecular complexity index is 165. The third-order valence-electron chi connectivity index (χ3n) is 1.64. The number of aliphatic hydroxyl groups excluding tert-OH is 1. The van der Waals surface area contributed by atoms with E-state index < -0.39 is 6.10 Å². The Morgan fingerprint density at radius 2 is 2.40 bits per heavy atom. The maximum absolute atomic E-state index is 9.18. The average molecular weight is 142 g/mol. The van der Waals surface area contributed by atoms with Gasteiger partial charge in [0.05, 0.1) is 12.1 Å². The van der Waals surface area contributed by atoms with Crippen molar-refractivity contribution in [2.24, 2.45) is 5.11 Å². The van der Waals surface area contributed by atoms with Crippen LogP contribution in [0.4, 0.5) is 0 Å². The smallest absolute Gasteiger partial charge is 0.0773 e. The quantitative estimate of drug-likeness (QED) is 0.317. The minimum absolute atomic E-state index is 0.255. The van der Waals surface area contributed by atoms with Crippen molar-refractivity contribution in [3.05, 3.63) is 10.4 Å². The van der Waals surface area contributed by atoms with E-state index in [0.717, 1.165) is 0 Å². The molecule has 10 heavy (non-hydrogen) atoms. The van der Waals surface area contributed by atoms with Crippen molar-refractivity contribution in [2.75, 3.05) is 20.1 Å². The van der Waals surface area contributed by atoms with Crippen molar-refractivity contribution in [3.8, 4) is 0 Å². The zero-order valence-electron chi connectivity index (χ0n) is 5.80. The summed E-state index contributed by atoms with van der Waals surface area (Å²) in [6.07, 6.45) is -0.485. The lowest BCUT2D eigenvalue weighted by atomic mass is 10.2. The first kappa shape index (κ1) is 7.34. The number of aliphatic hydroxyl groups is 1. The normalized spacial score (nSPS) is 33.8. The van der Waals surface area contributed by atoms with Gasteiger partial charge in [0, 0.05) is 18.0 Å². The fourth-order valence-corrected chi connectivity index (χ4v) is 1.14. The van der Waals surface area contributed by atoms with E-state index in [1.165, 1.54) is 0 Å². The van der Waals surface area contributed by atoms with Crippen molar-refractivity contribution >= 4 is 0 Å². The van der Waals surface area contributed by atoms with Gasteiger partial charge in [0.15, 0.2) is 0 Å². The van der Waals surface area contributed by atoms with Gasteiger partial charge >= 0.3 is 0 Å². The fourth-order valence-electron chi connectivity index (χ4n) is 1.14. The number of likely N-dealkylation sites (tertiary alicyclic amines) is 1. The zero-order valence-corrected chi connectivity index (χ0v) is 5.80. The SMILES string of the molecule is CN1C[C@H](N=[N+]=[N-])[C@@H](O)C1. The molecule has 0 saturated carbocycles. The maximum Gasteiger partial charge on any atom is 0.0773 e. The minimum Gasteiger partial charge on any atom is -0.391 e. The fraction of sp³-hybridized carbons (Fsp3) is 1.00. The van der Waals surface area contributed by atoms with Gasteiger partial charge in [-0.1, -0.05) is 5.11 Å². The van der Waals surface area contributed by atoms with Gasteiger partial charge in [-0.3, -0.25) is 0 Å². The average Bonchev–Trinajstić information content (AvgIpc) is 2.13. The van der Waals surface area contributed by atoms with E-state index in [1.807, 2.05) is 11.9 Å². The van der Waals surface area contributed by atoms with E-state index >= 15 is 0 Å². The number of hydrogen-bond acceptors (Lipinski definition) is 3. The van der Waals surface area contributed by atoms with Crippen LogP contribution in [-0.4, -0.2) is 42.3 Å². The van der Waals surface area contributed by atoms with Crippen LogP contribution in [0.3, 0.4) is 0 Å². The van der Waals surface area contributed by atoms with Crippen molar-refractivity contribution in [1.82, 2.24) is 4.90 Å². The predicted molar refractivity (Wildman–Crippen MR) is 36.4 cm³/mol. The standard InChI is InChI=1S/C5H10N4O/c1-9-2-4(7-8-6)5(10)3-9/h4-5,10H,2-3H2,1H3/t4-,5-/m0/s1. The first-order chi connectivity index (χ1) is 4.74. The molecule has 56 valence electrons. The number of hydrogen-bond donors (Lipinski definition) is 1. The van der Waals surface area contributed by atoms with Gasteiger partial charge in [-0.25, -0.2) is 0 Å².